The van der Waals surface area contributed by atoms with Gasteiger partial charge in [-0.25, -0.2) is 14.9 Å². The Morgan fingerprint density at radius 3 is 2.63 bits per heavy atom. The number of amides is 1. The van der Waals surface area contributed by atoms with Crippen molar-refractivity contribution >= 4 is 17.4 Å². The van der Waals surface area contributed by atoms with Crippen molar-refractivity contribution in [2.45, 2.75) is 20.8 Å². The van der Waals surface area contributed by atoms with Gasteiger partial charge in [-0.15, -0.1) is 5.10 Å². The first-order valence-corrected chi connectivity index (χ1v) is 8.21. The van der Waals surface area contributed by atoms with Crippen LogP contribution in [0, 0.1) is 13.8 Å². The second-order valence-electron chi connectivity index (χ2n) is 5.89. The van der Waals surface area contributed by atoms with E-state index in [0.29, 0.717) is 23.0 Å². The fourth-order valence-electron chi connectivity index (χ4n) is 2.60. The van der Waals surface area contributed by atoms with Crippen molar-refractivity contribution in [3.8, 4) is 11.5 Å². The molecule has 1 aromatic carbocycles. The maximum Gasteiger partial charge on any atom is 0.311 e. The smallest absolute Gasteiger partial charge is 0.311 e. The van der Waals surface area contributed by atoms with Crippen LogP contribution in [-0.4, -0.2) is 45.4 Å². The zero-order chi connectivity index (χ0) is 19.6. The van der Waals surface area contributed by atoms with Crippen LogP contribution in [0.3, 0.4) is 0 Å². The standard InChI is InChI=1S/C18H20N6O3/c1-10-8-11(2)24-18(19-10)20-16(23-24)17(25)22-21-12(3)14-7-6-13(26-4)9-15(14)27-5/h6-9H,1-5H3,(H,22,25)/b21-12-. The largest absolute Gasteiger partial charge is 0.497 e. The van der Waals surface area contributed by atoms with E-state index >= 15 is 0 Å². The van der Waals surface area contributed by atoms with Crippen molar-refractivity contribution in [1.82, 2.24) is 25.0 Å². The summed E-state index contributed by atoms with van der Waals surface area (Å²) in [7, 11) is 3.14. The Bertz CT molecular complexity index is 1040. The summed E-state index contributed by atoms with van der Waals surface area (Å²) in [5, 5.41) is 8.31. The molecule has 3 aromatic rings. The molecule has 0 saturated heterocycles. The van der Waals surface area contributed by atoms with Crippen molar-refractivity contribution in [1.29, 1.82) is 0 Å². The Balaban J connectivity index is 1.83. The minimum absolute atomic E-state index is 0.00514. The third kappa shape index (κ3) is 3.71. The van der Waals surface area contributed by atoms with Crippen LogP contribution in [-0.2, 0) is 0 Å². The molecule has 0 unspecified atom stereocenters. The third-order valence-electron chi connectivity index (χ3n) is 3.95. The number of nitrogens with one attached hydrogen (secondary N) is 1. The van der Waals surface area contributed by atoms with Gasteiger partial charge in [0, 0.05) is 23.0 Å². The van der Waals surface area contributed by atoms with Crippen LogP contribution < -0.4 is 14.9 Å². The molecule has 0 bridgehead atoms. The zero-order valence-electron chi connectivity index (χ0n) is 15.8. The lowest BCUT2D eigenvalue weighted by Crippen LogP contribution is -2.21. The van der Waals surface area contributed by atoms with Crippen LogP contribution in [0.25, 0.3) is 5.78 Å². The van der Waals surface area contributed by atoms with E-state index in [1.165, 1.54) is 4.52 Å². The number of nitrogens with zero attached hydrogens (tertiary/aromatic N) is 5. The predicted molar refractivity (Wildman–Crippen MR) is 99.5 cm³/mol. The Labute approximate surface area is 156 Å². The summed E-state index contributed by atoms with van der Waals surface area (Å²) in [6.07, 6.45) is 0. The van der Waals surface area contributed by atoms with Crippen LogP contribution >= 0.6 is 0 Å². The van der Waals surface area contributed by atoms with E-state index in [9.17, 15) is 4.79 Å². The van der Waals surface area contributed by atoms with E-state index in [2.05, 4.69) is 25.6 Å². The summed E-state index contributed by atoms with van der Waals surface area (Å²) in [4.78, 5) is 20.8. The Morgan fingerprint density at radius 1 is 1.15 bits per heavy atom. The number of hydrogen-bond acceptors (Lipinski definition) is 7. The van der Waals surface area contributed by atoms with Crippen LogP contribution in [0.4, 0.5) is 0 Å². The highest BCUT2D eigenvalue weighted by Crippen LogP contribution is 2.25. The van der Waals surface area contributed by atoms with Crippen molar-refractivity contribution in [2.24, 2.45) is 5.10 Å². The lowest BCUT2D eigenvalue weighted by Gasteiger charge is -2.10. The van der Waals surface area contributed by atoms with E-state index in [1.807, 2.05) is 26.0 Å². The second kappa shape index (κ2) is 7.40. The molecule has 0 aliphatic rings. The summed E-state index contributed by atoms with van der Waals surface area (Å²) in [6.45, 7) is 5.49. The quantitative estimate of drug-likeness (QED) is 0.545. The van der Waals surface area contributed by atoms with Gasteiger partial charge in [-0.2, -0.15) is 10.1 Å². The van der Waals surface area contributed by atoms with E-state index in [1.54, 1.807) is 33.3 Å². The number of methoxy groups -OCH3 is 2. The number of aryl methyl sites for hydroxylation is 2. The zero-order valence-corrected chi connectivity index (χ0v) is 15.8. The molecule has 9 heteroatoms. The highest BCUT2D eigenvalue weighted by Gasteiger charge is 2.15. The number of aromatic nitrogens is 4. The molecule has 1 amide bonds. The molecule has 3 rings (SSSR count). The van der Waals surface area contributed by atoms with Crippen LogP contribution in [0.5, 0.6) is 11.5 Å². The first-order chi connectivity index (χ1) is 12.9. The number of hydrogen-bond donors (Lipinski definition) is 1. The van der Waals surface area contributed by atoms with Gasteiger partial charge < -0.3 is 9.47 Å². The molecule has 0 aliphatic heterocycles. The average molecular weight is 368 g/mol. The van der Waals surface area contributed by atoms with Gasteiger partial charge in [0.25, 0.3) is 5.78 Å². The van der Waals surface area contributed by atoms with Gasteiger partial charge in [0.05, 0.1) is 19.9 Å². The molecule has 0 saturated carbocycles. The topological polar surface area (TPSA) is 103 Å². The van der Waals surface area contributed by atoms with Gasteiger partial charge in [-0.05, 0) is 39.0 Å². The summed E-state index contributed by atoms with van der Waals surface area (Å²) in [5.41, 5.74) is 5.41. The highest BCUT2D eigenvalue weighted by molar-refractivity contribution is 6.02. The number of benzene rings is 1. The van der Waals surface area contributed by atoms with E-state index in [0.717, 1.165) is 17.0 Å². The van der Waals surface area contributed by atoms with Crippen molar-refractivity contribution in [3.63, 3.8) is 0 Å². The highest BCUT2D eigenvalue weighted by atomic mass is 16.5. The summed E-state index contributed by atoms with van der Waals surface area (Å²) >= 11 is 0. The van der Waals surface area contributed by atoms with Crippen LogP contribution in [0.2, 0.25) is 0 Å². The van der Waals surface area contributed by atoms with Crippen LogP contribution in [0.1, 0.15) is 34.5 Å². The molecule has 0 atom stereocenters. The molecule has 0 fully saturated rings. The Kier molecular flexibility index (Phi) is 5.02. The summed E-state index contributed by atoms with van der Waals surface area (Å²) < 4.78 is 12.1. The second-order valence-corrected chi connectivity index (χ2v) is 5.89. The first kappa shape index (κ1) is 18.3. The van der Waals surface area contributed by atoms with Gasteiger partial charge >= 0.3 is 5.91 Å². The maximum atomic E-state index is 12.4. The van der Waals surface area contributed by atoms with Crippen LogP contribution in [0.15, 0.2) is 29.4 Å². The lowest BCUT2D eigenvalue weighted by molar-refractivity contribution is 0.0944. The fraction of sp³-hybridized carbons (Fsp3) is 0.278. The molecule has 2 heterocycles. The molecule has 9 nitrogen and oxygen atoms in total. The number of fused-ring (bicyclic) bond motifs is 1. The first-order valence-electron chi connectivity index (χ1n) is 8.21. The van der Waals surface area contributed by atoms with Crippen molar-refractivity contribution in [2.75, 3.05) is 14.2 Å². The number of hydrazone groups is 1. The molecule has 1 N–H and O–H groups in total. The normalized spacial score (nSPS) is 11.5. The monoisotopic (exact) mass is 368 g/mol. The number of carbonyl (C=O) groups excluding carboxylic acids is 1. The number of ether oxygens (including phenoxy) is 2. The number of rotatable bonds is 5. The molecule has 2 aromatic heterocycles. The van der Waals surface area contributed by atoms with Gasteiger partial charge in [-0.1, -0.05) is 0 Å². The molecule has 140 valence electrons. The Morgan fingerprint density at radius 2 is 1.93 bits per heavy atom. The van der Waals surface area contributed by atoms with Crippen molar-refractivity contribution in [3.05, 3.63) is 47.0 Å². The predicted octanol–water partition coefficient (Wildman–Crippen LogP) is 1.91. The molecule has 0 aliphatic carbocycles. The summed E-state index contributed by atoms with van der Waals surface area (Å²) in [5.74, 6) is 1.10. The van der Waals surface area contributed by atoms with Crippen molar-refractivity contribution < 1.29 is 14.3 Å². The van der Waals surface area contributed by atoms with Gasteiger partial charge in [0.2, 0.25) is 5.82 Å². The van der Waals surface area contributed by atoms with Gasteiger partial charge in [0.15, 0.2) is 0 Å². The van der Waals surface area contributed by atoms with Gasteiger partial charge in [0.1, 0.15) is 11.5 Å². The molecule has 0 radical (unpaired) electrons. The molecular formula is C18H20N6O3. The third-order valence-corrected chi connectivity index (χ3v) is 3.95. The molecule has 0 spiro atoms. The molecular weight excluding hydrogens is 348 g/mol. The van der Waals surface area contributed by atoms with E-state index in [4.69, 9.17) is 9.47 Å². The maximum absolute atomic E-state index is 12.4. The van der Waals surface area contributed by atoms with Gasteiger partial charge in [-0.3, -0.25) is 4.79 Å². The lowest BCUT2D eigenvalue weighted by atomic mass is 10.1. The number of carbonyl (C=O) groups is 1. The van der Waals surface area contributed by atoms with E-state index in [-0.39, 0.29) is 5.82 Å². The average Bonchev–Trinajstić information content (AvgIpc) is 3.09. The molecule has 27 heavy (non-hydrogen) atoms. The van der Waals surface area contributed by atoms with E-state index < -0.39 is 5.91 Å². The Hall–Kier alpha value is -3.49. The fourth-order valence-corrected chi connectivity index (χ4v) is 2.60. The minimum atomic E-state index is -0.524. The minimum Gasteiger partial charge on any atom is -0.497 e. The SMILES string of the molecule is COc1ccc(/C(C)=N\NC(=O)c2nc3nc(C)cc(C)n3n2)c(OC)c1. The summed E-state index contributed by atoms with van der Waals surface area (Å²) in [6, 6.07) is 7.21.